The third-order valence-electron chi connectivity index (χ3n) is 6.53. The second kappa shape index (κ2) is 11.0. The lowest BCUT2D eigenvalue weighted by molar-refractivity contribution is -0.138. The van der Waals surface area contributed by atoms with E-state index in [-0.39, 0.29) is 41.7 Å². The molecule has 0 spiro atoms. The fourth-order valence-corrected chi connectivity index (χ4v) is 4.65. The van der Waals surface area contributed by atoms with E-state index in [1.807, 2.05) is 0 Å². The number of piperazine rings is 1. The lowest BCUT2D eigenvalue weighted by Crippen LogP contribution is -2.58. The van der Waals surface area contributed by atoms with Gasteiger partial charge in [0.15, 0.2) is 0 Å². The fourth-order valence-electron chi connectivity index (χ4n) is 4.54. The van der Waals surface area contributed by atoms with Crippen molar-refractivity contribution in [1.29, 1.82) is 0 Å². The van der Waals surface area contributed by atoms with Crippen LogP contribution in [0.15, 0.2) is 66.9 Å². The summed E-state index contributed by atoms with van der Waals surface area (Å²) in [5, 5.41) is 3.18. The number of rotatable bonds is 5. The van der Waals surface area contributed by atoms with Gasteiger partial charge in [-0.05, 0) is 41.5 Å². The first-order valence-corrected chi connectivity index (χ1v) is 12.2. The largest absolute Gasteiger partial charge is 0.416 e. The number of benzene rings is 2. The van der Waals surface area contributed by atoms with E-state index < -0.39 is 29.1 Å². The number of hydrogen-bond donors (Lipinski definition) is 1. The SMILES string of the molecule is CC(=O)N1CCN(C(=O)N[C@@](Cc2ccccc2)(c2cc(F)cc(C(F)(F)F)c2)c2ccc(Cl)cn2)CC1. The summed E-state index contributed by atoms with van der Waals surface area (Å²) < 4.78 is 56.0. The maximum absolute atomic E-state index is 14.7. The number of halogens is 5. The number of aromatic nitrogens is 1. The van der Waals surface area contributed by atoms with E-state index in [0.29, 0.717) is 24.7 Å². The topological polar surface area (TPSA) is 65.5 Å². The third-order valence-corrected chi connectivity index (χ3v) is 6.75. The molecule has 38 heavy (non-hydrogen) atoms. The average molecular weight is 549 g/mol. The average Bonchev–Trinajstić information content (AvgIpc) is 2.88. The van der Waals surface area contributed by atoms with Gasteiger partial charge < -0.3 is 15.1 Å². The first-order valence-electron chi connectivity index (χ1n) is 11.8. The summed E-state index contributed by atoms with van der Waals surface area (Å²) in [7, 11) is 0. The van der Waals surface area contributed by atoms with Crippen LogP contribution in [0.1, 0.15) is 29.3 Å². The molecule has 0 saturated carbocycles. The van der Waals surface area contributed by atoms with Crippen molar-refractivity contribution in [1.82, 2.24) is 20.1 Å². The van der Waals surface area contributed by atoms with Crippen LogP contribution in [0.4, 0.5) is 22.4 Å². The highest BCUT2D eigenvalue weighted by Crippen LogP contribution is 2.38. The van der Waals surface area contributed by atoms with Gasteiger partial charge in [-0.15, -0.1) is 0 Å². The Morgan fingerprint density at radius 3 is 2.16 bits per heavy atom. The molecule has 4 rings (SSSR count). The van der Waals surface area contributed by atoms with Gasteiger partial charge in [-0.25, -0.2) is 9.18 Å². The molecule has 11 heteroatoms. The van der Waals surface area contributed by atoms with Crippen LogP contribution >= 0.6 is 11.6 Å². The molecule has 1 aromatic heterocycles. The molecule has 0 bridgehead atoms. The standard InChI is InChI=1S/C27H25ClF4N4O2/c1-18(37)35-9-11-36(12-10-35)25(38)34-26(16-19-5-3-2-4-6-19,24-8-7-22(28)17-33-24)20-13-21(27(30,31)32)15-23(29)14-20/h2-8,13-15,17H,9-12,16H2,1H3,(H,34,38)/t26-/m0/s1. The highest BCUT2D eigenvalue weighted by molar-refractivity contribution is 6.30. The molecular formula is C27H25ClF4N4O2. The molecule has 0 radical (unpaired) electrons. The Morgan fingerprint density at radius 1 is 0.947 bits per heavy atom. The Bertz CT molecular complexity index is 1300. The van der Waals surface area contributed by atoms with Gasteiger partial charge in [-0.1, -0.05) is 41.9 Å². The van der Waals surface area contributed by atoms with Crippen molar-refractivity contribution in [3.63, 3.8) is 0 Å². The molecule has 0 unspecified atom stereocenters. The van der Waals surface area contributed by atoms with Crippen molar-refractivity contribution in [2.24, 2.45) is 0 Å². The van der Waals surface area contributed by atoms with Gasteiger partial charge in [-0.3, -0.25) is 9.78 Å². The van der Waals surface area contributed by atoms with Gasteiger partial charge in [0.1, 0.15) is 11.4 Å². The molecule has 6 nitrogen and oxygen atoms in total. The van der Waals surface area contributed by atoms with Crippen LogP contribution in [0.25, 0.3) is 0 Å². The number of carbonyl (C=O) groups excluding carboxylic acids is 2. The van der Waals surface area contributed by atoms with Crippen LogP contribution in [0, 0.1) is 5.82 Å². The molecule has 3 aromatic rings. The van der Waals surface area contributed by atoms with Gasteiger partial charge in [0.25, 0.3) is 0 Å². The molecule has 1 N–H and O–H groups in total. The molecule has 1 fully saturated rings. The van der Waals surface area contributed by atoms with Crippen molar-refractivity contribution < 1.29 is 27.2 Å². The number of hydrogen-bond acceptors (Lipinski definition) is 3. The minimum atomic E-state index is -4.82. The maximum Gasteiger partial charge on any atom is 0.416 e. The predicted octanol–water partition coefficient (Wildman–Crippen LogP) is 5.25. The summed E-state index contributed by atoms with van der Waals surface area (Å²) in [5.74, 6) is -1.22. The van der Waals surface area contributed by atoms with Crippen molar-refractivity contribution >= 4 is 23.5 Å². The number of urea groups is 1. The second-order valence-corrected chi connectivity index (χ2v) is 9.52. The normalized spacial score (nSPS) is 15.6. The van der Waals surface area contributed by atoms with Gasteiger partial charge in [0.2, 0.25) is 5.91 Å². The second-order valence-electron chi connectivity index (χ2n) is 9.08. The summed E-state index contributed by atoms with van der Waals surface area (Å²) in [6, 6.07) is 13.4. The molecule has 2 aromatic carbocycles. The van der Waals surface area contributed by atoms with Crippen LogP contribution in [0.3, 0.4) is 0 Å². The van der Waals surface area contributed by atoms with Gasteiger partial charge in [0, 0.05) is 45.7 Å². The number of amides is 3. The number of alkyl halides is 3. The smallest absolute Gasteiger partial charge is 0.339 e. The van der Waals surface area contributed by atoms with Gasteiger partial charge in [-0.2, -0.15) is 13.2 Å². The number of carbonyl (C=O) groups is 2. The van der Waals surface area contributed by atoms with E-state index in [1.165, 1.54) is 30.2 Å². The third kappa shape index (κ3) is 6.07. The maximum atomic E-state index is 14.7. The van der Waals surface area contributed by atoms with Crippen LogP contribution in [-0.2, 0) is 22.9 Å². The van der Waals surface area contributed by atoms with Crippen molar-refractivity contribution in [2.45, 2.75) is 25.1 Å². The number of pyridine rings is 1. The van der Waals surface area contributed by atoms with Crippen molar-refractivity contribution in [3.8, 4) is 0 Å². The molecule has 1 aliphatic heterocycles. The zero-order chi connectivity index (χ0) is 27.5. The number of nitrogens with one attached hydrogen (secondary N) is 1. The quantitative estimate of drug-likeness (QED) is 0.443. The lowest BCUT2D eigenvalue weighted by atomic mass is 9.79. The minimum Gasteiger partial charge on any atom is -0.339 e. The van der Waals surface area contributed by atoms with Crippen molar-refractivity contribution in [3.05, 3.63) is 100 Å². The zero-order valence-electron chi connectivity index (χ0n) is 20.4. The predicted molar refractivity (Wildman–Crippen MR) is 134 cm³/mol. The molecule has 200 valence electrons. The minimum absolute atomic E-state index is 0.0254. The monoisotopic (exact) mass is 548 g/mol. The molecular weight excluding hydrogens is 524 g/mol. The Balaban J connectivity index is 1.85. The summed E-state index contributed by atoms with van der Waals surface area (Å²) in [6.45, 7) is 2.50. The Morgan fingerprint density at radius 2 is 1.58 bits per heavy atom. The fraction of sp³-hybridized carbons (Fsp3) is 0.296. The van der Waals surface area contributed by atoms with Crippen molar-refractivity contribution in [2.75, 3.05) is 26.2 Å². The van der Waals surface area contributed by atoms with E-state index in [9.17, 15) is 27.2 Å². The van der Waals surface area contributed by atoms with Crippen LogP contribution in [-0.4, -0.2) is 52.9 Å². The first-order chi connectivity index (χ1) is 18.0. The Labute approximate surface area is 222 Å². The van der Waals surface area contributed by atoms with E-state index in [1.54, 1.807) is 35.2 Å². The lowest BCUT2D eigenvalue weighted by Gasteiger charge is -2.40. The molecule has 2 heterocycles. The zero-order valence-corrected chi connectivity index (χ0v) is 21.2. The van der Waals surface area contributed by atoms with E-state index in [0.717, 1.165) is 12.1 Å². The molecule has 0 aliphatic carbocycles. The number of nitrogens with zero attached hydrogens (tertiary/aromatic N) is 3. The molecule has 1 aliphatic rings. The molecule has 3 amide bonds. The van der Waals surface area contributed by atoms with Crippen LogP contribution < -0.4 is 5.32 Å². The summed E-state index contributed by atoms with van der Waals surface area (Å²) in [6.07, 6.45) is -3.53. The van der Waals surface area contributed by atoms with Crippen LogP contribution in [0.2, 0.25) is 5.02 Å². The summed E-state index contributed by atoms with van der Waals surface area (Å²) in [5.41, 5.74) is -2.16. The Kier molecular flexibility index (Phi) is 7.91. The van der Waals surface area contributed by atoms with E-state index >= 15 is 0 Å². The van der Waals surface area contributed by atoms with Crippen LogP contribution in [0.5, 0.6) is 0 Å². The van der Waals surface area contributed by atoms with E-state index in [2.05, 4.69) is 10.3 Å². The van der Waals surface area contributed by atoms with Gasteiger partial charge >= 0.3 is 12.2 Å². The first kappa shape index (κ1) is 27.4. The van der Waals surface area contributed by atoms with E-state index in [4.69, 9.17) is 11.6 Å². The molecule has 1 saturated heterocycles. The highest BCUT2D eigenvalue weighted by atomic mass is 35.5. The summed E-state index contributed by atoms with van der Waals surface area (Å²) >= 11 is 6.05. The summed E-state index contributed by atoms with van der Waals surface area (Å²) in [4.78, 5) is 32.7. The Hall–Kier alpha value is -3.66. The highest BCUT2D eigenvalue weighted by Gasteiger charge is 2.42. The molecule has 1 atom stereocenters. The van der Waals surface area contributed by atoms with Gasteiger partial charge in [0.05, 0.1) is 16.3 Å².